The van der Waals surface area contributed by atoms with Crippen molar-refractivity contribution in [3.05, 3.63) is 29.2 Å². The van der Waals surface area contributed by atoms with E-state index in [2.05, 4.69) is 46.3 Å². The molecule has 2 aromatic rings. The highest BCUT2D eigenvalue weighted by Gasteiger charge is 2.31. The molecule has 8 heteroatoms. The molecule has 0 bridgehead atoms. The lowest BCUT2D eigenvalue weighted by molar-refractivity contribution is 0.0982. The number of aromatic nitrogens is 2. The van der Waals surface area contributed by atoms with Crippen molar-refractivity contribution in [1.82, 2.24) is 9.97 Å². The Hall–Kier alpha value is -2.12. The molecule has 0 amide bonds. The zero-order chi connectivity index (χ0) is 21.6. The molecule has 1 saturated carbocycles. The first-order valence-corrected chi connectivity index (χ1v) is 11.0. The molecule has 162 valence electrons. The quantitative estimate of drug-likeness (QED) is 0.638. The summed E-state index contributed by atoms with van der Waals surface area (Å²) in [5.74, 6) is 0.582. The van der Waals surface area contributed by atoms with Gasteiger partial charge in [0.15, 0.2) is 0 Å². The SMILES string of the molecule is CC1CCC(O)C(Nc2ncc(Cl)c(-c3cc(F)c4c(c3)N(C(C)C)C(C)N4)n2)C1. The van der Waals surface area contributed by atoms with Gasteiger partial charge in [0.1, 0.15) is 5.82 Å². The van der Waals surface area contributed by atoms with Crippen molar-refractivity contribution < 1.29 is 9.50 Å². The molecule has 4 unspecified atom stereocenters. The van der Waals surface area contributed by atoms with Gasteiger partial charge in [-0.25, -0.2) is 14.4 Å². The van der Waals surface area contributed by atoms with Gasteiger partial charge in [0.05, 0.1) is 46.6 Å². The Morgan fingerprint density at radius 2 is 2.07 bits per heavy atom. The predicted octanol–water partition coefficient (Wildman–Crippen LogP) is 4.88. The molecule has 1 aliphatic heterocycles. The molecule has 30 heavy (non-hydrogen) atoms. The van der Waals surface area contributed by atoms with Crippen molar-refractivity contribution in [2.24, 2.45) is 5.92 Å². The second-order valence-corrected chi connectivity index (χ2v) is 9.21. The van der Waals surface area contributed by atoms with Crippen molar-refractivity contribution in [2.45, 2.75) is 71.3 Å². The monoisotopic (exact) mass is 433 g/mol. The molecule has 1 aromatic carbocycles. The standard InChI is InChI=1S/C22H29ClFN5O/c1-11(2)29-13(4)26-21-16(24)8-14(9-18(21)29)20-15(23)10-25-22(28-20)27-17-7-12(3)5-6-19(17)30/h8-13,17,19,26,30H,5-7H2,1-4H3,(H,25,27,28). The maximum atomic E-state index is 14.9. The number of aliphatic hydroxyl groups excluding tert-OH is 1. The fourth-order valence-corrected chi connectivity index (χ4v) is 4.81. The molecule has 6 nitrogen and oxygen atoms in total. The summed E-state index contributed by atoms with van der Waals surface area (Å²) in [4.78, 5) is 11.0. The summed E-state index contributed by atoms with van der Waals surface area (Å²) >= 11 is 6.40. The van der Waals surface area contributed by atoms with Crippen LogP contribution in [0, 0.1) is 11.7 Å². The minimum atomic E-state index is -0.437. The number of hydrogen-bond acceptors (Lipinski definition) is 6. The number of aliphatic hydroxyl groups is 1. The molecule has 0 saturated heterocycles. The Morgan fingerprint density at radius 3 is 2.80 bits per heavy atom. The summed E-state index contributed by atoms with van der Waals surface area (Å²) in [5.41, 5.74) is 2.37. The Balaban J connectivity index is 1.68. The van der Waals surface area contributed by atoms with E-state index in [9.17, 15) is 9.50 Å². The van der Waals surface area contributed by atoms with Crippen molar-refractivity contribution in [3.8, 4) is 11.3 Å². The van der Waals surface area contributed by atoms with E-state index in [-0.39, 0.29) is 24.1 Å². The van der Waals surface area contributed by atoms with Crippen LogP contribution in [0.4, 0.5) is 21.7 Å². The Kier molecular flexibility index (Phi) is 5.77. The van der Waals surface area contributed by atoms with Gasteiger partial charge in [-0.2, -0.15) is 0 Å². The third-order valence-corrected chi connectivity index (χ3v) is 6.36. The molecule has 3 N–H and O–H groups in total. The van der Waals surface area contributed by atoms with Gasteiger partial charge in [0.25, 0.3) is 0 Å². The van der Waals surface area contributed by atoms with Crippen molar-refractivity contribution >= 4 is 28.9 Å². The summed E-state index contributed by atoms with van der Waals surface area (Å²) in [6.07, 6.45) is 3.70. The third-order valence-electron chi connectivity index (χ3n) is 6.08. The van der Waals surface area contributed by atoms with Crippen molar-refractivity contribution in [1.29, 1.82) is 0 Å². The second-order valence-electron chi connectivity index (χ2n) is 8.80. The highest BCUT2D eigenvalue weighted by atomic mass is 35.5. The van der Waals surface area contributed by atoms with Gasteiger partial charge < -0.3 is 20.6 Å². The number of benzene rings is 1. The normalized spacial score (nSPS) is 25.9. The van der Waals surface area contributed by atoms with E-state index in [1.165, 1.54) is 12.3 Å². The first-order valence-electron chi connectivity index (χ1n) is 10.6. The molecule has 2 heterocycles. The summed E-state index contributed by atoms with van der Waals surface area (Å²) in [6.45, 7) is 8.34. The molecule has 1 fully saturated rings. The molecule has 0 radical (unpaired) electrons. The minimum Gasteiger partial charge on any atom is -0.391 e. The van der Waals surface area contributed by atoms with Gasteiger partial charge in [0, 0.05) is 11.6 Å². The maximum absolute atomic E-state index is 14.9. The van der Waals surface area contributed by atoms with E-state index in [4.69, 9.17) is 11.6 Å². The number of halogens is 2. The van der Waals surface area contributed by atoms with E-state index in [1.807, 2.05) is 13.0 Å². The van der Waals surface area contributed by atoms with Crippen LogP contribution in [0.2, 0.25) is 5.02 Å². The van der Waals surface area contributed by atoms with Crippen molar-refractivity contribution in [3.63, 3.8) is 0 Å². The van der Waals surface area contributed by atoms with Crippen LogP contribution in [0.25, 0.3) is 11.3 Å². The summed E-state index contributed by atoms with van der Waals surface area (Å²) < 4.78 is 14.9. The highest BCUT2D eigenvalue weighted by molar-refractivity contribution is 6.33. The zero-order valence-electron chi connectivity index (χ0n) is 17.8. The van der Waals surface area contributed by atoms with Crippen LogP contribution in [-0.2, 0) is 0 Å². The maximum Gasteiger partial charge on any atom is 0.223 e. The summed E-state index contributed by atoms with van der Waals surface area (Å²) in [5, 5.41) is 17.1. The van der Waals surface area contributed by atoms with Gasteiger partial charge in [-0.15, -0.1) is 0 Å². The van der Waals surface area contributed by atoms with Gasteiger partial charge in [0.2, 0.25) is 5.95 Å². The number of hydrogen-bond donors (Lipinski definition) is 3. The van der Waals surface area contributed by atoms with Crippen LogP contribution in [0.15, 0.2) is 18.3 Å². The molecule has 1 aliphatic carbocycles. The topological polar surface area (TPSA) is 73.3 Å². The average molecular weight is 434 g/mol. The molecule has 0 spiro atoms. The molecule has 1 aromatic heterocycles. The van der Waals surface area contributed by atoms with Crippen LogP contribution in [0.3, 0.4) is 0 Å². The molecule has 4 atom stereocenters. The van der Waals surface area contributed by atoms with Gasteiger partial charge in [-0.1, -0.05) is 18.5 Å². The fraction of sp³-hybridized carbons (Fsp3) is 0.545. The number of nitrogens with one attached hydrogen (secondary N) is 2. The van der Waals surface area contributed by atoms with E-state index in [0.29, 0.717) is 33.8 Å². The molecular formula is C22H29ClFN5O. The lowest BCUT2D eigenvalue weighted by Gasteiger charge is -2.32. The molecule has 2 aliphatic rings. The zero-order valence-corrected chi connectivity index (χ0v) is 18.5. The first-order chi connectivity index (χ1) is 14.2. The largest absolute Gasteiger partial charge is 0.391 e. The first kappa shape index (κ1) is 21.1. The minimum absolute atomic E-state index is 0.00220. The predicted molar refractivity (Wildman–Crippen MR) is 120 cm³/mol. The Labute approximate surface area is 181 Å². The number of rotatable bonds is 4. The van der Waals surface area contributed by atoms with E-state index < -0.39 is 6.10 Å². The fourth-order valence-electron chi connectivity index (χ4n) is 4.61. The second kappa shape index (κ2) is 8.19. The van der Waals surface area contributed by atoms with Crippen LogP contribution < -0.4 is 15.5 Å². The Bertz CT molecular complexity index is 940. The van der Waals surface area contributed by atoms with Crippen LogP contribution in [0.1, 0.15) is 47.0 Å². The third kappa shape index (κ3) is 3.93. The summed E-state index contributed by atoms with van der Waals surface area (Å²) in [6, 6.07) is 3.47. The number of anilines is 3. The van der Waals surface area contributed by atoms with Crippen molar-refractivity contribution in [2.75, 3.05) is 15.5 Å². The van der Waals surface area contributed by atoms with Crippen LogP contribution in [-0.4, -0.2) is 39.4 Å². The van der Waals surface area contributed by atoms with Gasteiger partial charge in [-0.3, -0.25) is 0 Å². The number of fused-ring (bicyclic) bond motifs is 1. The van der Waals surface area contributed by atoms with E-state index in [1.54, 1.807) is 0 Å². The molecular weight excluding hydrogens is 405 g/mol. The smallest absolute Gasteiger partial charge is 0.223 e. The van der Waals surface area contributed by atoms with E-state index in [0.717, 1.165) is 24.9 Å². The van der Waals surface area contributed by atoms with Crippen LogP contribution >= 0.6 is 11.6 Å². The highest BCUT2D eigenvalue weighted by Crippen LogP contribution is 2.42. The van der Waals surface area contributed by atoms with Gasteiger partial charge >= 0.3 is 0 Å². The van der Waals surface area contributed by atoms with Gasteiger partial charge in [-0.05, 0) is 58.1 Å². The Morgan fingerprint density at radius 1 is 1.30 bits per heavy atom. The molecule has 4 rings (SSSR count). The number of nitrogens with zero attached hydrogens (tertiary/aromatic N) is 3. The summed E-state index contributed by atoms with van der Waals surface area (Å²) in [7, 11) is 0. The lowest BCUT2D eigenvalue weighted by Crippen LogP contribution is -2.39. The average Bonchev–Trinajstić information content (AvgIpc) is 3.03. The lowest BCUT2D eigenvalue weighted by atomic mass is 9.85. The van der Waals surface area contributed by atoms with Crippen LogP contribution in [0.5, 0.6) is 0 Å². The van der Waals surface area contributed by atoms with E-state index >= 15 is 0 Å².